The van der Waals surface area contributed by atoms with E-state index < -0.39 is 46.9 Å². The first-order chi connectivity index (χ1) is 35.6. The Balaban J connectivity index is 0.662. The molecule has 4 N–H and O–H groups in total. The number of ether oxygens (including phenoxy) is 1. The minimum atomic E-state index is -1.28. The van der Waals surface area contributed by atoms with Gasteiger partial charge in [-0.2, -0.15) is 9.97 Å². The Bertz CT molecular complexity index is 3050. The van der Waals surface area contributed by atoms with Crippen LogP contribution in [0, 0.1) is 28.3 Å². The van der Waals surface area contributed by atoms with Crippen molar-refractivity contribution in [1.82, 2.24) is 40.7 Å². The van der Waals surface area contributed by atoms with Crippen molar-refractivity contribution in [3.63, 3.8) is 0 Å². The Morgan fingerprint density at radius 1 is 0.865 bits per heavy atom. The number of carbonyl (C=O) groups excluding carboxylic acids is 3. The third kappa shape index (κ3) is 9.37. The van der Waals surface area contributed by atoms with Crippen LogP contribution in [0.15, 0.2) is 48.7 Å². The summed E-state index contributed by atoms with van der Waals surface area (Å²) < 4.78 is 70.7. The van der Waals surface area contributed by atoms with Gasteiger partial charge in [0, 0.05) is 107 Å². The molecule has 2 bridgehead atoms. The normalized spacial score (nSPS) is 24.3. The van der Waals surface area contributed by atoms with Gasteiger partial charge in [-0.1, -0.05) is 13.0 Å². The lowest BCUT2D eigenvalue weighted by atomic mass is 9.64. The standard InChI is InChI=1S/C55H62F4N10O5/c1-2-37-41(56)8-3-32-21-36(70)23-39(45(32)37)47-46(58)48-40(24-60-47)49(69-25-33-4-5-34(26-69)61-33)65-52(64-48)74-31-54(11-12-54)29-67-27-53(28-67)13-15-55(59,16-14-53)30-66-17-19-68(20-18-66)35-6-7-38(42(57)22-35)50(72)62-43-9-10-44(71)63-51(43)73/h3,6-8,21-24,33-34,43,61,70H,2,4-5,9-20,25-31H2,1H3,(H,62,72)(H,63,71,73)/t33?,34?,43-/m0/s1. The number of anilines is 2. The first kappa shape index (κ1) is 48.7. The molecule has 5 aromatic rings. The van der Waals surface area contributed by atoms with Crippen LogP contribution in [-0.4, -0.2) is 143 Å². The van der Waals surface area contributed by atoms with E-state index in [4.69, 9.17) is 14.7 Å². The minimum absolute atomic E-state index is 0.0361. The van der Waals surface area contributed by atoms with Gasteiger partial charge >= 0.3 is 6.01 Å². The summed E-state index contributed by atoms with van der Waals surface area (Å²) in [4.78, 5) is 59.5. The molecule has 74 heavy (non-hydrogen) atoms. The number of amides is 3. The Morgan fingerprint density at radius 3 is 2.32 bits per heavy atom. The highest BCUT2D eigenvalue weighted by molar-refractivity contribution is 6.04. The number of fused-ring (bicyclic) bond motifs is 4. The summed E-state index contributed by atoms with van der Waals surface area (Å²) >= 11 is 0. The second-order valence-corrected chi connectivity index (χ2v) is 22.5. The van der Waals surface area contributed by atoms with E-state index in [-0.39, 0.29) is 69.9 Å². The van der Waals surface area contributed by atoms with Crippen molar-refractivity contribution >= 4 is 50.9 Å². The smallest absolute Gasteiger partial charge is 0.319 e. The lowest BCUT2D eigenvalue weighted by Crippen LogP contribution is -2.61. The van der Waals surface area contributed by atoms with E-state index in [1.165, 1.54) is 24.3 Å². The van der Waals surface area contributed by atoms with E-state index in [1.807, 2.05) is 11.8 Å². The van der Waals surface area contributed by atoms with Crippen molar-refractivity contribution in [2.75, 3.05) is 81.9 Å². The highest BCUT2D eigenvalue weighted by Gasteiger charge is 2.54. The number of benzene rings is 3. The predicted molar refractivity (Wildman–Crippen MR) is 270 cm³/mol. The van der Waals surface area contributed by atoms with Gasteiger partial charge in [-0.15, -0.1) is 0 Å². The minimum Gasteiger partial charge on any atom is -0.508 e. The fraction of sp³-hybridized carbons (Fsp3) is 0.527. The van der Waals surface area contributed by atoms with Crippen LogP contribution in [0.1, 0.15) is 87.1 Å². The third-order valence-corrected chi connectivity index (χ3v) is 17.3. The molecule has 3 atom stereocenters. The molecule has 2 saturated carbocycles. The number of phenolic OH excluding ortho intramolecular Hbond substituents is 1. The summed E-state index contributed by atoms with van der Waals surface area (Å²) in [5.74, 6) is -3.04. The number of piperazine rings is 2. The van der Waals surface area contributed by atoms with E-state index in [2.05, 4.69) is 35.6 Å². The van der Waals surface area contributed by atoms with E-state index in [1.54, 1.807) is 24.4 Å². The maximum Gasteiger partial charge on any atom is 0.319 e. The summed E-state index contributed by atoms with van der Waals surface area (Å²) in [6.45, 7) is 9.06. The van der Waals surface area contributed by atoms with E-state index >= 15 is 17.6 Å². The van der Waals surface area contributed by atoms with E-state index in [0.29, 0.717) is 105 Å². The van der Waals surface area contributed by atoms with Crippen LogP contribution < -0.4 is 30.5 Å². The van der Waals surface area contributed by atoms with Crippen molar-refractivity contribution in [3.05, 3.63) is 77.2 Å². The lowest BCUT2D eigenvalue weighted by Gasteiger charge is -2.55. The number of hydrogen-bond donors (Lipinski definition) is 4. The summed E-state index contributed by atoms with van der Waals surface area (Å²) in [6, 6.07) is 10.1. The number of aromatic nitrogens is 3. The molecule has 5 aliphatic heterocycles. The number of alkyl halides is 1. The van der Waals surface area contributed by atoms with Crippen molar-refractivity contribution in [2.45, 2.75) is 101 Å². The lowest BCUT2D eigenvalue weighted by molar-refractivity contribution is -0.134. The Labute approximate surface area is 426 Å². The Kier molecular flexibility index (Phi) is 12.4. The number of halogens is 4. The average molecular weight is 1020 g/mol. The van der Waals surface area contributed by atoms with Crippen LogP contribution in [0.4, 0.5) is 29.1 Å². The zero-order valence-corrected chi connectivity index (χ0v) is 41.6. The van der Waals surface area contributed by atoms with Crippen molar-refractivity contribution < 1.29 is 41.8 Å². The molecule has 390 valence electrons. The molecule has 0 radical (unpaired) electrons. The number of rotatable bonds is 13. The first-order valence-corrected chi connectivity index (χ1v) is 26.4. The summed E-state index contributed by atoms with van der Waals surface area (Å²) in [6.07, 6.45) is 8.92. The maximum absolute atomic E-state index is 17.2. The average Bonchev–Trinajstić information content (AvgIpc) is 4.08. The number of hydrogen-bond acceptors (Lipinski definition) is 13. The molecule has 7 heterocycles. The van der Waals surface area contributed by atoms with Crippen molar-refractivity contribution in [1.29, 1.82) is 0 Å². The number of piperidine rings is 1. The summed E-state index contributed by atoms with van der Waals surface area (Å²) in [7, 11) is 0. The van der Waals surface area contributed by atoms with E-state index in [9.17, 15) is 19.5 Å². The Morgan fingerprint density at radius 2 is 1.62 bits per heavy atom. The molecule has 12 rings (SSSR count). The first-order valence-electron chi connectivity index (χ1n) is 26.4. The van der Waals surface area contributed by atoms with Crippen LogP contribution in [-0.2, 0) is 16.0 Å². The number of phenols is 1. The predicted octanol–water partition coefficient (Wildman–Crippen LogP) is 6.57. The zero-order valence-electron chi connectivity index (χ0n) is 41.6. The van der Waals surface area contributed by atoms with Gasteiger partial charge in [0.15, 0.2) is 5.82 Å². The van der Waals surface area contributed by atoms with Gasteiger partial charge in [-0.3, -0.25) is 29.6 Å². The molecule has 15 nitrogen and oxygen atoms in total. The summed E-state index contributed by atoms with van der Waals surface area (Å²) in [5.41, 5.74) is -0.118. The second-order valence-electron chi connectivity index (χ2n) is 22.5. The van der Waals surface area contributed by atoms with Crippen LogP contribution in [0.5, 0.6) is 11.8 Å². The van der Waals surface area contributed by atoms with Crippen molar-refractivity contribution in [3.8, 4) is 23.0 Å². The van der Waals surface area contributed by atoms with Crippen LogP contribution in [0.2, 0.25) is 0 Å². The number of nitrogens with one attached hydrogen (secondary N) is 3. The maximum atomic E-state index is 17.2. The molecule has 2 unspecified atom stereocenters. The molecule has 1 spiro atoms. The van der Waals surface area contributed by atoms with Crippen LogP contribution in [0.25, 0.3) is 32.9 Å². The quantitative estimate of drug-likeness (QED) is 0.0740. The van der Waals surface area contributed by atoms with Gasteiger partial charge in [0.25, 0.3) is 5.91 Å². The molecule has 19 heteroatoms. The molecule has 7 fully saturated rings. The topological polar surface area (TPSA) is 168 Å². The monoisotopic (exact) mass is 1020 g/mol. The highest BCUT2D eigenvalue weighted by Crippen LogP contribution is 2.53. The molecule has 3 amide bonds. The molecule has 3 aromatic carbocycles. The largest absolute Gasteiger partial charge is 0.508 e. The number of carbonyl (C=O) groups is 3. The number of imide groups is 1. The Hall–Kier alpha value is -6.18. The van der Waals surface area contributed by atoms with Gasteiger partial charge in [-0.05, 0) is 122 Å². The third-order valence-electron chi connectivity index (χ3n) is 17.3. The number of nitrogens with zero attached hydrogens (tertiary/aromatic N) is 7. The van der Waals surface area contributed by atoms with Crippen LogP contribution >= 0.6 is 0 Å². The zero-order chi connectivity index (χ0) is 51.1. The molecule has 5 saturated heterocycles. The van der Waals surface area contributed by atoms with Crippen molar-refractivity contribution in [2.24, 2.45) is 10.8 Å². The molecule has 2 aromatic heterocycles. The molecular weight excluding hydrogens is 957 g/mol. The van der Waals surface area contributed by atoms with Crippen LogP contribution in [0.3, 0.4) is 0 Å². The van der Waals surface area contributed by atoms with Gasteiger partial charge in [-0.25, -0.2) is 17.6 Å². The van der Waals surface area contributed by atoms with Gasteiger partial charge < -0.3 is 35.2 Å². The van der Waals surface area contributed by atoms with Gasteiger partial charge in [0.05, 0.1) is 17.6 Å². The second kappa shape index (κ2) is 18.9. The number of pyridine rings is 1. The summed E-state index contributed by atoms with van der Waals surface area (Å²) in [5, 5.41) is 20.7. The molecule has 2 aliphatic carbocycles. The highest BCUT2D eigenvalue weighted by atomic mass is 19.1. The fourth-order valence-corrected chi connectivity index (χ4v) is 13.0. The number of likely N-dealkylation sites (tertiary alicyclic amines) is 1. The fourth-order valence-electron chi connectivity index (χ4n) is 13.0. The number of aryl methyl sites for hydroxylation is 1. The van der Waals surface area contributed by atoms with E-state index in [0.717, 1.165) is 58.2 Å². The van der Waals surface area contributed by atoms with Gasteiger partial charge in [0.2, 0.25) is 11.8 Å². The molecule has 7 aliphatic rings. The van der Waals surface area contributed by atoms with Gasteiger partial charge in [0.1, 0.15) is 46.1 Å². The molecular formula is C55H62F4N10O5. The number of aromatic hydroxyl groups is 1. The SMILES string of the molecule is CCc1c(F)ccc2cc(O)cc(-c3ncc4c(N5CC6CCC(C5)N6)nc(OCC5(CN6CC7(CCC(F)(CN8CCN(c9ccc(C(=O)N[C@H]%10CCC(=O)NC%10=O)c(F)c9)CC8)CC7)C6)CC5)nc4c3F)c12.